The summed E-state index contributed by atoms with van der Waals surface area (Å²) in [5, 5.41) is 0.882. The molecule has 4 rings (SSSR count). The van der Waals surface area contributed by atoms with Crippen molar-refractivity contribution in [1.82, 2.24) is 9.80 Å². The summed E-state index contributed by atoms with van der Waals surface area (Å²) in [4.78, 5) is 29.7. The van der Waals surface area contributed by atoms with Crippen LogP contribution in [0, 0.1) is 11.8 Å². The van der Waals surface area contributed by atoms with Crippen LogP contribution in [0.2, 0.25) is 10.0 Å². The monoisotopic (exact) mass is 458 g/mol. The van der Waals surface area contributed by atoms with Crippen LogP contribution in [-0.4, -0.2) is 47.8 Å². The first-order chi connectivity index (χ1) is 15.0. The Labute approximate surface area is 194 Å². The standard InChI is InChI=1S/C25H28Cl2N2O2/c26-21-6-7-22(23(27)17-21)25(31)29-14-10-20(11-15-29)24(30)28-12-8-19(9-13-28)16-18-4-2-1-3-5-18/h1-7,17,19-20H,8-16H2. The van der Waals surface area contributed by atoms with Gasteiger partial charge in [0.2, 0.25) is 5.91 Å². The van der Waals surface area contributed by atoms with E-state index < -0.39 is 0 Å². The van der Waals surface area contributed by atoms with Crippen LogP contribution in [0.4, 0.5) is 0 Å². The van der Waals surface area contributed by atoms with Crippen LogP contribution in [0.25, 0.3) is 0 Å². The third kappa shape index (κ3) is 5.42. The van der Waals surface area contributed by atoms with E-state index in [9.17, 15) is 9.59 Å². The van der Waals surface area contributed by atoms with Crippen LogP contribution in [0.15, 0.2) is 48.5 Å². The number of nitrogens with zero attached hydrogens (tertiary/aromatic N) is 2. The van der Waals surface area contributed by atoms with Gasteiger partial charge in [-0.2, -0.15) is 0 Å². The van der Waals surface area contributed by atoms with Crippen molar-refractivity contribution in [1.29, 1.82) is 0 Å². The maximum absolute atomic E-state index is 13.0. The van der Waals surface area contributed by atoms with Crippen molar-refractivity contribution in [3.05, 3.63) is 69.7 Å². The van der Waals surface area contributed by atoms with E-state index in [-0.39, 0.29) is 17.7 Å². The van der Waals surface area contributed by atoms with Gasteiger partial charge in [0, 0.05) is 37.1 Å². The number of likely N-dealkylation sites (tertiary alicyclic amines) is 2. The summed E-state index contributed by atoms with van der Waals surface area (Å²) < 4.78 is 0. The molecule has 0 bridgehead atoms. The molecule has 2 fully saturated rings. The first-order valence-electron chi connectivity index (χ1n) is 11.1. The predicted octanol–water partition coefficient (Wildman–Crippen LogP) is 5.33. The molecule has 2 amide bonds. The van der Waals surface area contributed by atoms with Crippen LogP contribution < -0.4 is 0 Å². The molecule has 0 atom stereocenters. The zero-order valence-corrected chi connectivity index (χ0v) is 19.1. The van der Waals surface area contributed by atoms with Gasteiger partial charge in [-0.25, -0.2) is 0 Å². The van der Waals surface area contributed by atoms with Gasteiger partial charge in [0.15, 0.2) is 0 Å². The van der Waals surface area contributed by atoms with Crippen LogP contribution >= 0.6 is 23.2 Å². The summed E-state index contributed by atoms with van der Waals surface area (Å²) in [6.07, 6.45) is 4.64. The van der Waals surface area contributed by atoms with Gasteiger partial charge in [-0.3, -0.25) is 9.59 Å². The van der Waals surface area contributed by atoms with E-state index in [1.54, 1.807) is 23.1 Å². The van der Waals surface area contributed by atoms with Gasteiger partial charge in [-0.1, -0.05) is 53.5 Å². The van der Waals surface area contributed by atoms with Crippen molar-refractivity contribution >= 4 is 35.0 Å². The highest BCUT2D eigenvalue weighted by molar-refractivity contribution is 6.36. The molecule has 0 aromatic heterocycles. The van der Waals surface area contributed by atoms with E-state index in [1.165, 1.54) is 5.56 Å². The minimum Gasteiger partial charge on any atom is -0.342 e. The summed E-state index contributed by atoms with van der Waals surface area (Å²) in [6.45, 7) is 2.85. The Morgan fingerprint density at radius 2 is 1.48 bits per heavy atom. The third-order valence-electron chi connectivity index (χ3n) is 6.59. The molecule has 0 spiro atoms. The quantitative estimate of drug-likeness (QED) is 0.621. The molecule has 2 saturated heterocycles. The molecule has 2 heterocycles. The lowest BCUT2D eigenvalue weighted by Crippen LogP contribution is -2.46. The van der Waals surface area contributed by atoms with Crippen molar-refractivity contribution in [2.24, 2.45) is 11.8 Å². The van der Waals surface area contributed by atoms with E-state index in [0.29, 0.717) is 47.5 Å². The Hall–Kier alpha value is -2.04. The molecular weight excluding hydrogens is 431 g/mol. The van der Waals surface area contributed by atoms with Crippen molar-refractivity contribution in [3.8, 4) is 0 Å². The second-order valence-corrected chi connectivity index (χ2v) is 9.49. The minimum atomic E-state index is -0.0886. The molecule has 0 N–H and O–H groups in total. The fourth-order valence-corrected chi connectivity index (χ4v) is 5.22. The van der Waals surface area contributed by atoms with Crippen molar-refractivity contribution in [3.63, 3.8) is 0 Å². The highest BCUT2D eigenvalue weighted by Crippen LogP contribution is 2.28. The Bertz CT molecular complexity index is 918. The average molecular weight is 459 g/mol. The molecule has 164 valence electrons. The molecule has 4 nitrogen and oxygen atoms in total. The number of piperidine rings is 2. The van der Waals surface area contributed by atoms with Crippen LogP contribution in [0.3, 0.4) is 0 Å². The second-order valence-electron chi connectivity index (χ2n) is 8.65. The number of carbonyl (C=O) groups excluding carboxylic acids is 2. The molecule has 31 heavy (non-hydrogen) atoms. The van der Waals surface area contributed by atoms with E-state index >= 15 is 0 Å². The molecule has 0 unspecified atom stereocenters. The lowest BCUT2D eigenvalue weighted by molar-refractivity contribution is -0.138. The third-order valence-corrected chi connectivity index (χ3v) is 7.13. The van der Waals surface area contributed by atoms with Crippen molar-refractivity contribution in [2.75, 3.05) is 26.2 Å². The van der Waals surface area contributed by atoms with Gasteiger partial charge in [-0.15, -0.1) is 0 Å². The lowest BCUT2D eigenvalue weighted by Gasteiger charge is -2.37. The zero-order chi connectivity index (χ0) is 21.8. The molecule has 2 aliphatic heterocycles. The number of amides is 2. The summed E-state index contributed by atoms with van der Waals surface area (Å²) in [5.41, 5.74) is 1.85. The van der Waals surface area contributed by atoms with Crippen molar-refractivity contribution in [2.45, 2.75) is 32.1 Å². The van der Waals surface area contributed by atoms with Crippen molar-refractivity contribution < 1.29 is 9.59 Å². The van der Waals surface area contributed by atoms with Crippen LogP contribution in [0.1, 0.15) is 41.6 Å². The first kappa shape index (κ1) is 22.2. The smallest absolute Gasteiger partial charge is 0.255 e. The molecule has 0 aliphatic carbocycles. The maximum atomic E-state index is 13.0. The summed E-state index contributed by atoms with van der Waals surface area (Å²) >= 11 is 12.1. The molecule has 0 saturated carbocycles. The Kier molecular flexibility index (Phi) is 7.19. The molecule has 2 aromatic rings. The molecule has 2 aromatic carbocycles. The predicted molar refractivity (Wildman–Crippen MR) is 125 cm³/mol. The van der Waals surface area contributed by atoms with Gasteiger partial charge in [0.1, 0.15) is 0 Å². The van der Waals surface area contributed by atoms with E-state index in [2.05, 4.69) is 24.3 Å². The van der Waals surface area contributed by atoms with Gasteiger partial charge in [0.05, 0.1) is 10.6 Å². The van der Waals surface area contributed by atoms with Gasteiger partial charge in [0.25, 0.3) is 5.91 Å². The highest BCUT2D eigenvalue weighted by atomic mass is 35.5. The normalized spacial score (nSPS) is 18.3. The van der Waals surface area contributed by atoms with E-state index in [1.807, 2.05) is 11.0 Å². The zero-order valence-electron chi connectivity index (χ0n) is 17.6. The molecule has 0 radical (unpaired) electrons. The van der Waals surface area contributed by atoms with Gasteiger partial charge < -0.3 is 9.80 Å². The topological polar surface area (TPSA) is 40.6 Å². The van der Waals surface area contributed by atoms with E-state index in [0.717, 1.165) is 32.4 Å². The SMILES string of the molecule is O=C(c1ccc(Cl)cc1Cl)N1CCC(C(=O)N2CCC(Cc3ccccc3)CC2)CC1. The molecule has 2 aliphatic rings. The first-order valence-corrected chi connectivity index (χ1v) is 11.8. The van der Waals surface area contributed by atoms with E-state index in [4.69, 9.17) is 23.2 Å². The Morgan fingerprint density at radius 1 is 0.839 bits per heavy atom. The minimum absolute atomic E-state index is 0.00964. The maximum Gasteiger partial charge on any atom is 0.255 e. The molecular formula is C25H28Cl2N2O2. The number of carbonyl (C=O) groups is 2. The molecule has 6 heteroatoms. The number of halogens is 2. The lowest BCUT2D eigenvalue weighted by atomic mass is 9.88. The largest absolute Gasteiger partial charge is 0.342 e. The Balaban J connectivity index is 1.25. The number of hydrogen-bond acceptors (Lipinski definition) is 2. The summed E-state index contributed by atoms with van der Waals surface area (Å²) in [7, 11) is 0. The fourth-order valence-electron chi connectivity index (χ4n) is 4.73. The van der Waals surface area contributed by atoms with Crippen LogP contribution in [0.5, 0.6) is 0 Å². The van der Waals surface area contributed by atoms with Crippen LogP contribution in [-0.2, 0) is 11.2 Å². The summed E-state index contributed by atoms with van der Waals surface area (Å²) in [5.74, 6) is 0.828. The number of rotatable bonds is 4. The number of hydrogen-bond donors (Lipinski definition) is 0. The van der Waals surface area contributed by atoms with Gasteiger partial charge >= 0.3 is 0 Å². The second kappa shape index (κ2) is 10.1. The van der Waals surface area contributed by atoms with Gasteiger partial charge in [-0.05, 0) is 61.8 Å². The highest BCUT2D eigenvalue weighted by Gasteiger charge is 2.32. The average Bonchev–Trinajstić information content (AvgIpc) is 2.79. The summed E-state index contributed by atoms with van der Waals surface area (Å²) in [6, 6.07) is 15.5. The fraction of sp³-hybridized carbons (Fsp3) is 0.440. The number of benzene rings is 2. The Morgan fingerprint density at radius 3 is 2.13 bits per heavy atom.